The van der Waals surface area contributed by atoms with Crippen molar-refractivity contribution >= 4 is 29.9 Å². The number of nitrogens with one attached hydrogen (secondary N) is 1. The average molecular weight is 753 g/mol. The summed E-state index contributed by atoms with van der Waals surface area (Å²) < 4.78 is 28.5. The maximum atomic E-state index is 14.1. The van der Waals surface area contributed by atoms with Crippen molar-refractivity contribution in [1.29, 1.82) is 0 Å². The molecule has 3 aliphatic rings. The second-order valence-corrected chi connectivity index (χ2v) is 14.7. The normalized spacial score (nSPS) is 21.6. The molecule has 2 aliphatic carbocycles. The van der Waals surface area contributed by atoms with E-state index < -0.39 is 65.6 Å². The van der Waals surface area contributed by atoms with E-state index in [9.17, 15) is 24.0 Å². The molecule has 1 saturated heterocycles. The number of amides is 2. The lowest BCUT2D eigenvalue weighted by atomic mass is 9.88. The summed E-state index contributed by atoms with van der Waals surface area (Å²) in [6.07, 6.45) is 10.7. The van der Waals surface area contributed by atoms with E-state index in [-0.39, 0.29) is 38.6 Å². The van der Waals surface area contributed by atoms with E-state index in [1.54, 1.807) is 45.9 Å². The van der Waals surface area contributed by atoms with Crippen molar-refractivity contribution in [2.24, 2.45) is 11.8 Å². The number of hydrogen-bond donors (Lipinski definition) is 1. The summed E-state index contributed by atoms with van der Waals surface area (Å²) in [6.45, 7) is 8.77. The van der Waals surface area contributed by atoms with Crippen molar-refractivity contribution in [3.05, 3.63) is 108 Å². The minimum absolute atomic E-state index is 0.0280. The summed E-state index contributed by atoms with van der Waals surface area (Å²) in [5, 5.41) is 2.85. The molecule has 0 spiro atoms. The van der Waals surface area contributed by atoms with E-state index in [1.165, 1.54) is 18.7 Å². The van der Waals surface area contributed by atoms with Gasteiger partial charge in [-0.15, -0.1) is 0 Å². The zero-order valence-electron chi connectivity index (χ0n) is 32.0. The summed E-state index contributed by atoms with van der Waals surface area (Å²) >= 11 is 0. The molecule has 0 radical (unpaired) electrons. The standard InChI is InChI=1S/C43H48N2O10/c1-27(39(53-29(3)47)26-51-28(2)46)36(41(49)55-43(4,5)6)23-44-40(48)38-22-31(54-30-16-10-8-7-9-11-17-30)24-45(38)42(50)52-25-37-34-20-14-12-18-32(34)33-19-13-15-21-35(33)37/h7-12,14-18,20-21,27,31,36-39H,22-26H2,1-6H3,(H,44,48)/b8-7-,9-7?,10-8?,11-9-,16-10-,17-11?,30-16?,30-17+/t27-,31-,36+,37?,38+,39+/m1/s1. The van der Waals surface area contributed by atoms with Crippen molar-refractivity contribution < 1.29 is 47.7 Å². The predicted octanol–water partition coefficient (Wildman–Crippen LogP) is 5.77. The first kappa shape index (κ1) is 40.4. The van der Waals surface area contributed by atoms with Crippen LogP contribution < -0.4 is 5.32 Å². The third kappa shape index (κ3) is 10.7. The van der Waals surface area contributed by atoms with Gasteiger partial charge < -0.3 is 29.0 Å². The van der Waals surface area contributed by atoms with E-state index in [0.717, 1.165) is 22.3 Å². The van der Waals surface area contributed by atoms with Gasteiger partial charge in [-0.25, -0.2) is 4.79 Å². The summed E-state index contributed by atoms with van der Waals surface area (Å²) in [6, 6.07) is 16.8. The van der Waals surface area contributed by atoms with E-state index in [0.29, 0.717) is 5.76 Å². The van der Waals surface area contributed by atoms with Gasteiger partial charge in [0.15, 0.2) is 0 Å². The predicted molar refractivity (Wildman–Crippen MR) is 202 cm³/mol. The van der Waals surface area contributed by atoms with Crippen LogP contribution in [0.2, 0.25) is 0 Å². The lowest BCUT2D eigenvalue weighted by molar-refractivity contribution is -0.170. The molecule has 1 aliphatic heterocycles. The Morgan fingerprint density at radius 3 is 2.44 bits per heavy atom. The Balaban J connectivity index is 1.35. The molecule has 6 atom stereocenters. The van der Waals surface area contributed by atoms with Gasteiger partial charge in [0.25, 0.3) is 0 Å². The van der Waals surface area contributed by atoms with Crippen LogP contribution in [0.25, 0.3) is 11.1 Å². The number of likely N-dealkylation sites (tertiary alicyclic amines) is 1. The number of nitrogens with zero attached hydrogens (tertiary/aromatic N) is 1. The fraction of sp³-hybridized carbons (Fsp3) is 0.419. The first-order valence-corrected chi connectivity index (χ1v) is 18.4. The number of carbonyl (C=O) groups excluding carboxylic acids is 5. The van der Waals surface area contributed by atoms with Crippen molar-refractivity contribution in [3.8, 4) is 11.1 Å². The smallest absolute Gasteiger partial charge is 0.410 e. The van der Waals surface area contributed by atoms with Crippen LogP contribution in [0.3, 0.4) is 0 Å². The van der Waals surface area contributed by atoms with Crippen LogP contribution in [0.1, 0.15) is 65.0 Å². The Hall–Kier alpha value is -5.83. The molecule has 5 rings (SSSR count). The van der Waals surface area contributed by atoms with Gasteiger partial charge in [-0.05, 0) is 61.7 Å². The van der Waals surface area contributed by atoms with Crippen LogP contribution in [-0.2, 0) is 42.9 Å². The summed E-state index contributed by atoms with van der Waals surface area (Å²) in [7, 11) is 0. The molecule has 0 saturated carbocycles. The van der Waals surface area contributed by atoms with Crippen LogP contribution in [0.5, 0.6) is 0 Å². The number of fused-ring (bicyclic) bond motifs is 3. The number of allylic oxidation sites excluding steroid dienone is 7. The lowest BCUT2D eigenvalue weighted by Crippen LogP contribution is -2.50. The topological polar surface area (TPSA) is 147 Å². The van der Waals surface area contributed by atoms with Gasteiger partial charge in [0, 0.05) is 44.2 Å². The van der Waals surface area contributed by atoms with Crippen LogP contribution in [0, 0.1) is 24.0 Å². The summed E-state index contributed by atoms with van der Waals surface area (Å²) in [4.78, 5) is 66.6. The Kier molecular flexibility index (Phi) is 13.2. The van der Waals surface area contributed by atoms with Gasteiger partial charge in [0.2, 0.25) is 5.91 Å². The zero-order valence-corrected chi connectivity index (χ0v) is 32.0. The number of carbonyl (C=O) groups is 5. The molecule has 1 heterocycles. The number of esters is 3. The Bertz CT molecular complexity index is 1830. The minimum Gasteiger partial charge on any atom is -0.488 e. The molecule has 1 fully saturated rings. The van der Waals surface area contributed by atoms with Crippen molar-refractivity contribution in [3.63, 3.8) is 0 Å². The number of rotatable bonds is 13. The Labute approximate surface area is 322 Å². The quantitative estimate of drug-likeness (QED) is 0.198. The summed E-state index contributed by atoms with van der Waals surface area (Å²) in [5.74, 6) is -3.89. The van der Waals surface area contributed by atoms with Gasteiger partial charge in [-0.3, -0.25) is 24.1 Å². The first-order valence-electron chi connectivity index (χ1n) is 18.4. The highest BCUT2D eigenvalue weighted by atomic mass is 16.6. The van der Waals surface area contributed by atoms with E-state index >= 15 is 0 Å². The molecular formula is C43H48N2O10. The van der Waals surface area contributed by atoms with Gasteiger partial charge in [-0.1, -0.05) is 73.7 Å². The third-order valence-electron chi connectivity index (χ3n) is 9.45. The molecule has 1 unspecified atom stereocenters. The minimum atomic E-state index is -1.03. The fourth-order valence-electron chi connectivity index (χ4n) is 6.83. The second-order valence-electron chi connectivity index (χ2n) is 14.7. The number of ether oxygens (including phenoxy) is 5. The highest BCUT2D eigenvalue weighted by molar-refractivity contribution is 5.87. The molecule has 12 nitrogen and oxygen atoms in total. The fourth-order valence-corrected chi connectivity index (χ4v) is 6.83. The Morgan fingerprint density at radius 2 is 1.69 bits per heavy atom. The molecule has 2 amide bonds. The SMILES string of the molecule is CC(=O)OC[C@H](OC(C)=O)[C@H](C)[C@H](CNC(=O)[C@@H]1C[C@@H](OC2=C/C=C\C=C/C=C\2)CN1C(=O)OCC1c2ccc#cc2-c2ccccc21)C(=O)OC(C)(C)C. The van der Waals surface area contributed by atoms with Crippen molar-refractivity contribution in [2.75, 3.05) is 26.3 Å². The van der Waals surface area contributed by atoms with E-state index in [2.05, 4.69) is 17.4 Å². The third-order valence-corrected chi connectivity index (χ3v) is 9.45. The number of hydrogen-bond acceptors (Lipinski definition) is 10. The average Bonchev–Trinajstić information content (AvgIpc) is 3.68. The zero-order chi connectivity index (χ0) is 39.7. The highest BCUT2D eigenvalue weighted by Crippen LogP contribution is 2.43. The highest BCUT2D eigenvalue weighted by Gasteiger charge is 2.44. The Morgan fingerprint density at radius 1 is 0.945 bits per heavy atom. The molecule has 2 aromatic rings. The van der Waals surface area contributed by atoms with Crippen LogP contribution in [-0.4, -0.2) is 85.0 Å². The largest absolute Gasteiger partial charge is 0.488 e. The van der Waals surface area contributed by atoms with Crippen molar-refractivity contribution in [1.82, 2.24) is 10.2 Å². The van der Waals surface area contributed by atoms with Gasteiger partial charge in [-0.2, -0.15) is 0 Å². The van der Waals surface area contributed by atoms with Crippen LogP contribution in [0.4, 0.5) is 4.79 Å². The molecular weight excluding hydrogens is 704 g/mol. The monoisotopic (exact) mass is 752 g/mol. The van der Waals surface area contributed by atoms with Gasteiger partial charge >= 0.3 is 24.0 Å². The second kappa shape index (κ2) is 18.0. The lowest BCUT2D eigenvalue weighted by Gasteiger charge is -2.32. The molecule has 0 aromatic heterocycles. The maximum absolute atomic E-state index is 14.1. The first-order chi connectivity index (χ1) is 26.2. The van der Waals surface area contributed by atoms with E-state index in [4.69, 9.17) is 23.7 Å². The molecule has 12 heteroatoms. The van der Waals surface area contributed by atoms with Gasteiger partial charge in [0.05, 0.1) is 12.5 Å². The number of benzene rings is 1. The molecule has 0 bridgehead atoms. The van der Waals surface area contributed by atoms with E-state index in [1.807, 2.05) is 60.7 Å². The molecule has 55 heavy (non-hydrogen) atoms. The van der Waals surface area contributed by atoms with Crippen molar-refractivity contribution in [2.45, 2.75) is 77.7 Å². The van der Waals surface area contributed by atoms with Crippen LogP contribution >= 0.6 is 0 Å². The molecule has 290 valence electrons. The van der Waals surface area contributed by atoms with Gasteiger partial charge in [0.1, 0.15) is 42.8 Å². The van der Waals surface area contributed by atoms with Crippen LogP contribution in [0.15, 0.2) is 84.7 Å². The maximum Gasteiger partial charge on any atom is 0.410 e. The molecule has 2 aromatic carbocycles. The molecule has 1 N–H and O–H groups in total. The summed E-state index contributed by atoms with van der Waals surface area (Å²) in [5.41, 5.74) is 3.02.